The average Bonchev–Trinajstić information content (AvgIpc) is 3.68. The molecule has 0 unspecified atom stereocenters. The maximum absolute atomic E-state index is 13.3. The summed E-state index contributed by atoms with van der Waals surface area (Å²) < 4.78 is 3.53. The second-order valence-electron chi connectivity index (χ2n) is 9.39. The average molecular weight is 543 g/mol. The standard InChI is InChI=1S/C29H30N6O3S/c1-4-22(16-36)31-29(38)26-25(21-11-13-39-17-21)32-27-24(6-5-12-34(26)27)28(37)30-15-20-7-9-23(10-8-20)35-19(3)14-18(2)33-35/h5-14,17,22,36H,4,15-16H2,1-3H3,(H,30,37)(H,31,38)/t22-/m0/s1. The molecular weight excluding hydrogens is 512 g/mol. The molecule has 0 aliphatic carbocycles. The van der Waals surface area contributed by atoms with Gasteiger partial charge >= 0.3 is 0 Å². The highest BCUT2D eigenvalue weighted by Gasteiger charge is 2.25. The Hall–Kier alpha value is -4.28. The number of aryl methyl sites for hydroxylation is 2. The van der Waals surface area contributed by atoms with Crippen LogP contribution >= 0.6 is 11.3 Å². The van der Waals surface area contributed by atoms with Gasteiger partial charge < -0.3 is 15.7 Å². The molecule has 5 aromatic rings. The molecule has 0 aliphatic rings. The summed E-state index contributed by atoms with van der Waals surface area (Å²) >= 11 is 1.50. The Morgan fingerprint density at radius 1 is 1.10 bits per heavy atom. The van der Waals surface area contributed by atoms with Gasteiger partial charge in [-0.3, -0.25) is 14.0 Å². The molecular formula is C29H30N6O3S. The van der Waals surface area contributed by atoms with Gasteiger partial charge in [0.25, 0.3) is 11.8 Å². The van der Waals surface area contributed by atoms with Gasteiger partial charge in [0, 0.05) is 29.4 Å². The van der Waals surface area contributed by atoms with Crippen LogP contribution in [0.5, 0.6) is 0 Å². The molecule has 0 radical (unpaired) electrons. The molecule has 0 saturated heterocycles. The second kappa shape index (κ2) is 11.2. The van der Waals surface area contributed by atoms with Crippen LogP contribution in [0, 0.1) is 13.8 Å². The van der Waals surface area contributed by atoms with Crippen LogP contribution in [0.25, 0.3) is 22.6 Å². The lowest BCUT2D eigenvalue weighted by Gasteiger charge is -2.14. The fourth-order valence-electron chi connectivity index (χ4n) is 4.52. The summed E-state index contributed by atoms with van der Waals surface area (Å²) in [5.41, 5.74) is 6.26. The quantitative estimate of drug-likeness (QED) is 0.257. The molecule has 5 rings (SSSR count). The number of hydrogen-bond acceptors (Lipinski definition) is 6. The van der Waals surface area contributed by atoms with Gasteiger partial charge in [0.1, 0.15) is 11.4 Å². The van der Waals surface area contributed by atoms with Crippen LogP contribution < -0.4 is 10.6 Å². The van der Waals surface area contributed by atoms with Crippen molar-refractivity contribution in [3.8, 4) is 16.9 Å². The van der Waals surface area contributed by atoms with Crippen molar-refractivity contribution in [1.82, 2.24) is 29.8 Å². The summed E-state index contributed by atoms with van der Waals surface area (Å²) in [7, 11) is 0. The van der Waals surface area contributed by atoms with Crippen molar-refractivity contribution in [3.63, 3.8) is 0 Å². The van der Waals surface area contributed by atoms with E-state index in [1.807, 2.05) is 72.6 Å². The van der Waals surface area contributed by atoms with Crippen molar-refractivity contribution >= 4 is 28.8 Å². The number of amides is 2. The zero-order chi connectivity index (χ0) is 27.5. The zero-order valence-corrected chi connectivity index (χ0v) is 22.8. The van der Waals surface area contributed by atoms with Crippen molar-refractivity contribution in [2.45, 2.75) is 39.8 Å². The van der Waals surface area contributed by atoms with Crippen LogP contribution in [0.3, 0.4) is 0 Å². The summed E-state index contributed by atoms with van der Waals surface area (Å²) in [4.78, 5) is 31.4. The summed E-state index contributed by atoms with van der Waals surface area (Å²) in [6, 6.07) is 14.8. The largest absolute Gasteiger partial charge is 0.394 e. The molecule has 0 saturated carbocycles. The van der Waals surface area contributed by atoms with E-state index in [1.54, 1.807) is 22.7 Å². The van der Waals surface area contributed by atoms with Gasteiger partial charge in [-0.1, -0.05) is 19.1 Å². The Morgan fingerprint density at radius 2 is 1.90 bits per heavy atom. The van der Waals surface area contributed by atoms with E-state index in [0.717, 1.165) is 28.2 Å². The van der Waals surface area contributed by atoms with E-state index in [1.165, 1.54) is 11.3 Å². The minimum Gasteiger partial charge on any atom is -0.394 e. The number of imidazole rings is 1. The molecule has 1 aromatic carbocycles. The van der Waals surface area contributed by atoms with E-state index in [4.69, 9.17) is 4.98 Å². The van der Waals surface area contributed by atoms with Crippen LogP contribution in [-0.4, -0.2) is 48.7 Å². The van der Waals surface area contributed by atoms with Gasteiger partial charge in [0.15, 0.2) is 5.65 Å². The summed E-state index contributed by atoms with van der Waals surface area (Å²) in [6.45, 7) is 6.03. The third-order valence-corrected chi connectivity index (χ3v) is 7.28. The minimum atomic E-state index is -0.377. The van der Waals surface area contributed by atoms with Crippen molar-refractivity contribution in [2.24, 2.45) is 0 Å². The normalized spacial score (nSPS) is 12.0. The van der Waals surface area contributed by atoms with E-state index < -0.39 is 0 Å². The molecule has 0 fully saturated rings. The van der Waals surface area contributed by atoms with Gasteiger partial charge in [0.2, 0.25) is 0 Å². The van der Waals surface area contributed by atoms with Crippen LogP contribution in [0.4, 0.5) is 0 Å². The lowest BCUT2D eigenvalue weighted by Crippen LogP contribution is -2.37. The maximum Gasteiger partial charge on any atom is 0.270 e. The molecule has 3 N–H and O–H groups in total. The highest BCUT2D eigenvalue weighted by atomic mass is 32.1. The fraction of sp³-hybridized carbons (Fsp3) is 0.241. The lowest BCUT2D eigenvalue weighted by molar-refractivity contribution is 0.0907. The van der Waals surface area contributed by atoms with E-state index in [-0.39, 0.29) is 24.5 Å². The molecule has 4 aromatic heterocycles. The van der Waals surface area contributed by atoms with E-state index in [0.29, 0.717) is 35.6 Å². The molecule has 10 heteroatoms. The lowest BCUT2D eigenvalue weighted by atomic mass is 10.1. The highest BCUT2D eigenvalue weighted by Crippen LogP contribution is 2.28. The van der Waals surface area contributed by atoms with Crippen molar-refractivity contribution in [2.75, 3.05) is 6.61 Å². The van der Waals surface area contributed by atoms with Crippen molar-refractivity contribution in [1.29, 1.82) is 0 Å². The smallest absolute Gasteiger partial charge is 0.270 e. The SMILES string of the molecule is CC[C@@H](CO)NC(=O)c1c(-c2ccsc2)nc2c(C(=O)NCc3ccc(-n4nc(C)cc4C)cc3)cccn12. The Bertz CT molecular complexity index is 1610. The molecule has 9 nitrogen and oxygen atoms in total. The van der Waals surface area contributed by atoms with Gasteiger partial charge in [-0.15, -0.1) is 0 Å². The number of aromatic nitrogens is 4. The Kier molecular flexibility index (Phi) is 7.58. The van der Waals surface area contributed by atoms with Crippen molar-refractivity contribution in [3.05, 3.63) is 93.7 Å². The third-order valence-electron chi connectivity index (χ3n) is 6.60. The Balaban J connectivity index is 1.41. The summed E-state index contributed by atoms with van der Waals surface area (Å²) in [5.74, 6) is -0.649. The number of benzene rings is 1. The van der Waals surface area contributed by atoms with E-state index in [2.05, 4.69) is 15.7 Å². The number of aliphatic hydroxyl groups excluding tert-OH is 1. The molecule has 1 atom stereocenters. The molecule has 200 valence electrons. The molecule has 2 amide bonds. The number of nitrogens with zero attached hydrogens (tertiary/aromatic N) is 4. The number of nitrogens with one attached hydrogen (secondary N) is 2. The Labute approximate surface area is 230 Å². The minimum absolute atomic E-state index is 0.164. The van der Waals surface area contributed by atoms with Gasteiger partial charge in [-0.25, -0.2) is 9.67 Å². The predicted molar refractivity (Wildman–Crippen MR) is 151 cm³/mol. The third kappa shape index (κ3) is 5.34. The number of aliphatic hydroxyl groups is 1. The molecule has 4 heterocycles. The fourth-order valence-corrected chi connectivity index (χ4v) is 5.16. The molecule has 0 spiro atoms. The zero-order valence-electron chi connectivity index (χ0n) is 22.0. The first-order valence-electron chi connectivity index (χ1n) is 12.8. The topological polar surface area (TPSA) is 114 Å². The van der Waals surface area contributed by atoms with E-state index in [9.17, 15) is 14.7 Å². The van der Waals surface area contributed by atoms with Gasteiger partial charge in [-0.05, 0) is 67.6 Å². The van der Waals surface area contributed by atoms with Gasteiger partial charge in [0.05, 0.1) is 29.6 Å². The second-order valence-corrected chi connectivity index (χ2v) is 10.2. The first-order valence-corrected chi connectivity index (χ1v) is 13.7. The number of fused-ring (bicyclic) bond motifs is 1. The summed E-state index contributed by atoms with van der Waals surface area (Å²) in [5, 5.41) is 23.8. The number of thiophene rings is 1. The van der Waals surface area contributed by atoms with Crippen molar-refractivity contribution < 1.29 is 14.7 Å². The first kappa shape index (κ1) is 26.3. The molecule has 0 bridgehead atoms. The molecule has 39 heavy (non-hydrogen) atoms. The van der Waals surface area contributed by atoms with Gasteiger partial charge in [-0.2, -0.15) is 16.4 Å². The molecule has 0 aliphatic heterocycles. The van der Waals surface area contributed by atoms with E-state index >= 15 is 0 Å². The number of carbonyl (C=O) groups excluding carboxylic acids is 2. The number of carbonyl (C=O) groups is 2. The Morgan fingerprint density at radius 3 is 2.54 bits per heavy atom. The summed E-state index contributed by atoms with van der Waals surface area (Å²) in [6.07, 6.45) is 2.31. The first-order chi connectivity index (χ1) is 18.9. The van der Waals surface area contributed by atoms with Crippen LogP contribution in [0.1, 0.15) is 51.1 Å². The van der Waals surface area contributed by atoms with Crippen LogP contribution in [0.2, 0.25) is 0 Å². The predicted octanol–water partition coefficient (Wildman–Crippen LogP) is 4.30. The monoisotopic (exact) mass is 542 g/mol. The highest BCUT2D eigenvalue weighted by molar-refractivity contribution is 7.08. The number of hydrogen-bond donors (Lipinski definition) is 3. The number of pyridine rings is 1. The number of rotatable bonds is 9. The van der Waals surface area contributed by atoms with Crippen LogP contribution in [-0.2, 0) is 6.54 Å². The maximum atomic E-state index is 13.3. The van der Waals surface area contributed by atoms with Crippen LogP contribution in [0.15, 0.2) is 65.5 Å².